The number of rotatable bonds is 7. The Morgan fingerprint density at radius 1 is 1.27 bits per heavy atom. The van der Waals surface area contributed by atoms with Crippen LogP contribution >= 0.6 is 51.7 Å². The first kappa shape index (κ1) is 23.2. The van der Waals surface area contributed by atoms with Crippen molar-refractivity contribution in [3.63, 3.8) is 0 Å². The van der Waals surface area contributed by atoms with Crippen molar-refractivity contribution in [2.75, 3.05) is 13.1 Å². The van der Waals surface area contributed by atoms with E-state index in [-0.39, 0.29) is 28.7 Å². The SMILES string of the molecule is CCNC(=NCc1nncn1C)NCC(C)(C)Sc1ccc(Br)cc1.I. The molecule has 2 rings (SSSR count). The van der Waals surface area contributed by atoms with Crippen LogP contribution in [0.4, 0.5) is 0 Å². The lowest BCUT2D eigenvalue weighted by atomic mass is 10.2. The summed E-state index contributed by atoms with van der Waals surface area (Å²) in [6.07, 6.45) is 1.68. The van der Waals surface area contributed by atoms with Crippen LogP contribution in [0, 0.1) is 0 Å². The summed E-state index contributed by atoms with van der Waals surface area (Å²) in [6.45, 7) is 8.59. The predicted octanol–water partition coefficient (Wildman–Crippen LogP) is 3.82. The molecule has 0 aliphatic carbocycles. The smallest absolute Gasteiger partial charge is 0.191 e. The Morgan fingerprint density at radius 2 is 1.96 bits per heavy atom. The quantitative estimate of drug-likeness (QED) is 0.236. The zero-order valence-corrected chi connectivity index (χ0v) is 20.2. The minimum Gasteiger partial charge on any atom is -0.357 e. The summed E-state index contributed by atoms with van der Waals surface area (Å²) >= 11 is 5.31. The van der Waals surface area contributed by atoms with E-state index < -0.39 is 0 Å². The number of aliphatic imine (C=N–C) groups is 1. The van der Waals surface area contributed by atoms with Gasteiger partial charge >= 0.3 is 0 Å². The molecule has 2 aromatic rings. The van der Waals surface area contributed by atoms with Gasteiger partial charge in [0.1, 0.15) is 12.9 Å². The highest BCUT2D eigenvalue weighted by Gasteiger charge is 2.20. The molecule has 0 saturated carbocycles. The van der Waals surface area contributed by atoms with Crippen LogP contribution in [-0.4, -0.2) is 38.6 Å². The number of nitrogens with zero attached hydrogens (tertiary/aromatic N) is 4. The van der Waals surface area contributed by atoms with Crippen molar-refractivity contribution < 1.29 is 0 Å². The van der Waals surface area contributed by atoms with Crippen molar-refractivity contribution in [3.05, 3.63) is 40.9 Å². The van der Waals surface area contributed by atoms with Crippen LogP contribution < -0.4 is 10.6 Å². The zero-order chi connectivity index (χ0) is 18.3. The molecule has 0 saturated heterocycles. The van der Waals surface area contributed by atoms with Gasteiger partial charge in [0.15, 0.2) is 11.8 Å². The fourth-order valence-corrected chi connectivity index (χ4v) is 3.42. The van der Waals surface area contributed by atoms with E-state index in [0.717, 1.165) is 29.3 Å². The predicted molar refractivity (Wildman–Crippen MR) is 123 cm³/mol. The van der Waals surface area contributed by atoms with Crippen molar-refractivity contribution in [2.45, 2.75) is 37.0 Å². The van der Waals surface area contributed by atoms with Crippen molar-refractivity contribution in [1.82, 2.24) is 25.4 Å². The van der Waals surface area contributed by atoms with E-state index in [9.17, 15) is 0 Å². The highest BCUT2D eigenvalue weighted by molar-refractivity contribution is 14.0. The number of aryl methyl sites for hydroxylation is 1. The molecule has 0 amide bonds. The second-order valence-electron chi connectivity index (χ2n) is 6.22. The fraction of sp³-hybridized carbons (Fsp3) is 0.471. The van der Waals surface area contributed by atoms with Crippen LogP contribution in [-0.2, 0) is 13.6 Å². The summed E-state index contributed by atoms with van der Waals surface area (Å²) in [6, 6.07) is 8.39. The number of hydrogen-bond donors (Lipinski definition) is 2. The number of guanidine groups is 1. The molecule has 1 aromatic heterocycles. The van der Waals surface area contributed by atoms with Gasteiger partial charge < -0.3 is 15.2 Å². The van der Waals surface area contributed by atoms with E-state index in [0.29, 0.717) is 6.54 Å². The molecule has 144 valence electrons. The summed E-state index contributed by atoms with van der Waals surface area (Å²) in [4.78, 5) is 5.84. The van der Waals surface area contributed by atoms with Crippen molar-refractivity contribution in [1.29, 1.82) is 0 Å². The molecule has 0 unspecified atom stereocenters. The summed E-state index contributed by atoms with van der Waals surface area (Å²) in [5, 5.41) is 14.6. The lowest BCUT2D eigenvalue weighted by Crippen LogP contribution is -2.43. The molecule has 0 bridgehead atoms. The third-order valence-corrected chi connectivity index (χ3v) is 5.15. The molecule has 0 aliphatic rings. The minimum atomic E-state index is 0. The number of thioether (sulfide) groups is 1. The third-order valence-electron chi connectivity index (χ3n) is 3.42. The number of halogens is 2. The fourth-order valence-electron chi connectivity index (χ4n) is 2.10. The Kier molecular flexibility index (Phi) is 9.94. The highest BCUT2D eigenvalue weighted by atomic mass is 127. The number of benzene rings is 1. The van der Waals surface area contributed by atoms with Gasteiger partial charge in [0.25, 0.3) is 0 Å². The zero-order valence-electron chi connectivity index (χ0n) is 15.5. The van der Waals surface area contributed by atoms with Gasteiger partial charge in [-0.3, -0.25) is 0 Å². The van der Waals surface area contributed by atoms with Crippen molar-refractivity contribution >= 4 is 57.6 Å². The average Bonchev–Trinajstić information content (AvgIpc) is 2.97. The highest BCUT2D eigenvalue weighted by Crippen LogP contribution is 2.32. The molecule has 0 atom stereocenters. The van der Waals surface area contributed by atoms with Gasteiger partial charge in [-0.1, -0.05) is 15.9 Å². The van der Waals surface area contributed by atoms with Crippen molar-refractivity contribution in [2.24, 2.45) is 12.0 Å². The maximum Gasteiger partial charge on any atom is 0.191 e. The molecule has 1 aromatic carbocycles. The summed E-state index contributed by atoms with van der Waals surface area (Å²) in [7, 11) is 1.92. The van der Waals surface area contributed by atoms with Gasteiger partial charge in [0.05, 0.1) is 0 Å². The van der Waals surface area contributed by atoms with Gasteiger partial charge in [0, 0.05) is 34.3 Å². The molecule has 0 fully saturated rings. The number of hydrogen-bond acceptors (Lipinski definition) is 4. The topological polar surface area (TPSA) is 67.1 Å². The van der Waals surface area contributed by atoms with Crippen LogP contribution in [0.1, 0.15) is 26.6 Å². The average molecular weight is 553 g/mol. The summed E-state index contributed by atoms with van der Waals surface area (Å²) in [5.41, 5.74) is 0. The van der Waals surface area contributed by atoms with Gasteiger partial charge in [-0.25, -0.2) is 4.99 Å². The number of nitrogens with one attached hydrogen (secondary N) is 2. The first-order chi connectivity index (χ1) is 11.9. The van der Waals surface area contributed by atoms with Crippen LogP contribution in [0.25, 0.3) is 0 Å². The summed E-state index contributed by atoms with van der Waals surface area (Å²) in [5.74, 6) is 1.62. The second kappa shape index (κ2) is 11.1. The summed E-state index contributed by atoms with van der Waals surface area (Å²) < 4.78 is 2.99. The molecular formula is C17H26BrIN6S. The molecule has 0 aliphatic heterocycles. The lowest BCUT2D eigenvalue weighted by molar-refractivity contribution is 0.661. The van der Waals surface area contributed by atoms with E-state index in [1.807, 2.05) is 23.4 Å². The van der Waals surface area contributed by atoms with E-state index in [4.69, 9.17) is 0 Å². The molecule has 0 spiro atoms. The van der Waals surface area contributed by atoms with E-state index in [1.54, 1.807) is 6.33 Å². The van der Waals surface area contributed by atoms with Gasteiger partial charge in [-0.15, -0.1) is 45.9 Å². The Morgan fingerprint density at radius 3 is 2.54 bits per heavy atom. The van der Waals surface area contributed by atoms with E-state index >= 15 is 0 Å². The van der Waals surface area contributed by atoms with Crippen molar-refractivity contribution in [3.8, 4) is 0 Å². The third kappa shape index (κ3) is 7.83. The maximum absolute atomic E-state index is 4.59. The first-order valence-electron chi connectivity index (χ1n) is 8.19. The Labute approximate surface area is 185 Å². The minimum absolute atomic E-state index is 0. The molecular weight excluding hydrogens is 527 g/mol. The standard InChI is InChI=1S/C17H25BrN6S.HI/c1-5-19-16(20-10-15-23-22-12-24(15)4)21-11-17(2,3)25-14-8-6-13(18)7-9-14;/h6-9,12H,5,10-11H2,1-4H3,(H2,19,20,21);1H. The van der Waals surface area contributed by atoms with Crippen LogP contribution in [0.15, 0.2) is 45.0 Å². The Bertz CT molecular complexity index is 702. The largest absolute Gasteiger partial charge is 0.357 e. The molecule has 9 heteroatoms. The first-order valence-corrected chi connectivity index (χ1v) is 9.80. The molecule has 2 N–H and O–H groups in total. The van der Waals surface area contributed by atoms with Crippen LogP contribution in [0.5, 0.6) is 0 Å². The van der Waals surface area contributed by atoms with Gasteiger partial charge in [-0.05, 0) is 45.0 Å². The van der Waals surface area contributed by atoms with Gasteiger partial charge in [-0.2, -0.15) is 0 Å². The molecule has 1 heterocycles. The lowest BCUT2D eigenvalue weighted by Gasteiger charge is -2.25. The molecule has 0 radical (unpaired) electrons. The number of aromatic nitrogens is 3. The maximum atomic E-state index is 4.59. The van der Waals surface area contributed by atoms with Crippen LogP contribution in [0.2, 0.25) is 0 Å². The normalized spacial score (nSPS) is 11.8. The Balaban J connectivity index is 0.00000338. The molecule has 6 nitrogen and oxygen atoms in total. The van der Waals surface area contributed by atoms with E-state index in [1.165, 1.54) is 4.90 Å². The van der Waals surface area contributed by atoms with E-state index in [2.05, 4.69) is 86.8 Å². The second-order valence-corrected chi connectivity index (χ2v) is 8.92. The Hall–Kier alpha value is -0.810. The van der Waals surface area contributed by atoms with Crippen LogP contribution in [0.3, 0.4) is 0 Å². The van der Waals surface area contributed by atoms with Gasteiger partial charge in [0.2, 0.25) is 0 Å². The molecule has 26 heavy (non-hydrogen) atoms. The monoisotopic (exact) mass is 552 g/mol.